The van der Waals surface area contributed by atoms with Gasteiger partial charge in [0.25, 0.3) is 0 Å². The van der Waals surface area contributed by atoms with Crippen molar-refractivity contribution in [2.75, 3.05) is 72.2 Å². The molecule has 0 bridgehead atoms. The summed E-state index contributed by atoms with van der Waals surface area (Å²) in [7, 11) is 1.59. The molecule has 2 amide bonds. The summed E-state index contributed by atoms with van der Waals surface area (Å²) >= 11 is 0. The first-order valence-corrected chi connectivity index (χ1v) is 14.0. The molecule has 13 nitrogen and oxygen atoms in total. The van der Waals surface area contributed by atoms with Gasteiger partial charge in [-0.1, -0.05) is 11.2 Å². The number of aryl methyl sites for hydroxylation is 1. The normalized spacial score (nSPS) is 11.0. The quantitative estimate of drug-likeness (QED) is 0.0349. The molecule has 4 N–H and O–H groups in total. The van der Waals surface area contributed by atoms with Gasteiger partial charge < -0.3 is 35.3 Å². The molecule has 0 fully saturated rings. The molecular weight excluding hydrogens is 542 g/mol. The van der Waals surface area contributed by atoms with E-state index in [1.54, 1.807) is 13.1 Å². The standard InChI is InChI=1S/C29H39N7O6/c1-32-28(37)8-11-39-13-15-41-17-18-42-16-14-40-12-9-33-29(38)3-2-10-36-26-20-24(30)6-4-22(26)19-23-5-7-25(34-35-31)21-27(23)36/h4-7,19-21,30H,2-3,8-18H2,1H3,(H2,32,33,37,38)/p+1. The number of nitrogens with one attached hydrogen (secondary N) is 2. The molecule has 42 heavy (non-hydrogen) atoms. The van der Waals surface area contributed by atoms with Crippen LogP contribution in [-0.2, 0) is 35.1 Å². The van der Waals surface area contributed by atoms with Crippen molar-refractivity contribution >= 4 is 45.0 Å². The van der Waals surface area contributed by atoms with Crippen molar-refractivity contribution in [1.82, 2.24) is 10.6 Å². The van der Waals surface area contributed by atoms with E-state index in [0.717, 1.165) is 21.8 Å². The van der Waals surface area contributed by atoms with Crippen LogP contribution in [0.2, 0.25) is 0 Å². The van der Waals surface area contributed by atoms with Crippen LogP contribution in [0.1, 0.15) is 19.3 Å². The SMILES string of the molecule is CNC(=O)CCOCCOCCOCCOCCNC(=O)CCC[n+]1c2cc(N)ccc2cc2ccc(N=[N+]=[N-])cc21. The maximum atomic E-state index is 12.4. The smallest absolute Gasteiger partial charge is 0.222 e. The van der Waals surface area contributed by atoms with Crippen LogP contribution in [0.3, 0.4) is 0 Å². The Labute approximate surface area is 244 Å². The largest absolute Gasteiger partial charge is 0.399 e. The summed E-state index contributed by atoms with van der Waals surface area (Å²) in [4.78, 5) is 26.4. The van der Waals surface area contributed by atoms with Crippen molar-refractivity contribution in [3.63, 3.8) is 0 Å². The number of anilines is 1. The third-order valence-electron chi connectivity index (χ3n) is 6.34. The molecule has 0 aliphatic rings. The zero-order valence-electron chi connectivity index (χ0n) is 24.0. The molecule has 2 aromatic carbocycles. The molecule has 0 aliphatic carbocycles. The van der Waals surface area contributed by atoms with Crippen LogP contribution in [0, 0.1) is 0 Å². The average Bonchev–Trinajstić information content (AvgIpc) is 2.99. The highest BCUT2D eigenvalue weighted by molar-refractivity contribution is 5.91. The highest BCUT2D eigenvalue weighted by Crippen LogP contribution is 2.24. The van der Waals surface area contributed by atoms with Gasteiger partial charge in [0.05, 0.1) is 52.9 Å². The van der Waals surface area contributed by atoms with Gasteiger partial charge in [0.1, 0.15) is 6.54 Å². The Balaban J connectivity index is 1.29. The maximum absolute atomic E-state index is 12.4. The zero-order chi connectivity index (χ0) is 30.0. The number of nitrogens with zero attached hydrogens (tertiary/aromatic N) is 4. The molecule has 13 heteroatoms. The van der Waals surface area contributed by atoms with Crippen LogP contribution < -0.4 is 20.9 Å². The van der Waals surface area contributed by atoms with E-state index in [0.29, 0.717) is 96.6 Å². The Kier molecular flexibility index (Phi) is 14.3. The molecule has 0 unspecified atom stereocenters. The second kappa shape index (κ2) is 18.4. The number of rotatable bonds is 20. The van der Waals surface area contributed by atoms with Gasteiger partial charge in [-0.05, 0) is 29.8 Å². The zero-order valence-corrected chi connectivity index (χ0v) is 24.0. The minimum Gasteiger partial charge on any atom is -0.399 e. The summed E-state index contributed by atoms with van der Waals surface area (Å²) in [6, 6.07) is 13.4. The maximum Gasteiger partial charge on any atom is 0.222 e. The number of nitrogen functional groups attached to an aromatic ring is 1. The van der Waals surface area contributed by atoms with E-state index in [9.17, 15) is 9.59 Å². The van der Waals surface area contributed by atoms with Crippen LogP contribution in [0.4, 0.5) is 11.4 Å². The van der Waals surface area contributed by atoms with Crippen molar-refractivity contribution < 1.29 is 33.1 Å². The lowest BCUT2D eigenvalue weighted by atomic mass is 10.1. The minimum atomic E-state index is -0.0518. The van der Waals surface area contributed by atoms with Crippen LogP contribution in [-0.4, -0.2) is 78.3 Å². The van der Waals surface area contributed by atoms with Gasteiger partial charge >= 0.3 is 0 Å². The highest BCUT2D eigenvalue weighted by Gasteiger charge is 2.17. The summed E-state index contributed by atoms with van der Waals surface area (Å²) in [6.07, 6.45) is 1.31. The number of pyridine rings is 1. The number of aromatic nitrogens is 1. The van der Waals surface area contributed by atoms with E-state index in [1.165, 1.54) is 0 Å². The minimum absolute atomic E-state index is 0.0499. The van der Waals surface area contributed by atoms with Crippen LogP contribution in [0.25, 0.3) is 32.2 Å². The molecule has 1 heterocycles. The van der Waals surface area contributed by atoms with Gasteiger partial charge in [0, 0.05) is 72.0 Å². The fourth-order valence-electron chi connectivity index (χ4n) is 4.26. The van der Waals surface area contributed by atoms with Crippen LogP contribution in [0.5, 0.6) is 0 Å². The van der Waals surface area contributed by atoms with Gasteiger partial charge in [-0.15, -0.1) is 0 Å². The number of amides is 2. The van der Waals surface area contributed by atoms with E-state index in [4.69, 9.17) is 30.2 Å². The number of hydrogen-bond donors (Lipinski definition) is 3. The lowest BCUT2D eigenvalue weighted by Gasteiger charge is -2.09. The third kappa shape index (κ3) is 11.1. The molecule has 3 rings (SSSR count). The number of ether oxygens (including phenoxy) is 4. The Morgan fingerprint density at radius 1 is 0.833 bits per heavy atom. The van der Waals surface area contributed by atoms with E-state index < -0.39 is 0 Å². The number of benzene rings is 2. The molecule has 0 atom stereocenters. The number of azide groups is 1. The first kappa shape index (κ1) is 32.5. The predicted octanol–water partition coefficient (Wildman–Crippen LogP) is 2.90. The second-order valence-corrected chi connectivity index (χ2v) is 9.37. The van der Waals surface area contributed by atoms with E-state index in [-0.39, 0.29) is 11.8 Å². The lowest BCUT2D eigenvalue weighted by molar-refractivity contribution is -0.645. The Morgan fingerprint density at radius 3 is 2.12 bits per heavy atom. The summed E-state index contributed by atoms with van der Waals surface area (Å²) < 4.78 is 23.8. The van der Waals surface area contributed by atoms with Crippen molar-refractivity contribution in [1.29, 1.82) is 0 Å². The van der Waals surface area contributed by atoms with Crippen molar-refractivity contribution in [2.45, 2.75) is 25.8 Å². The topological polar surface area (TPSA) is 174 Å². The third-order valence-corrected chi connectivity index (χ3v) is 6.34. The van der Waals surface area contributed by atoms with Gasteiger partial charge in [-0.25, -0.2) is 0 Å². The Morgan fingerprint density at radius 2 is 1.45 bits per heavy atom. The Bertz CT molecular complexity index is 1360. The molecule has 0 saturated heterocycles. The molecular formula is C29H40N7O6+. The molecule has 0 spiro atoms. The number of fused-ring (bicyclic) bond motifs is 2. The molecule has 3 aromatic rings. The summed E-state index contributed by atoms with van der Waals surface area (Å²) in [5, 5.41) is 11.2. The van der Waals surface area contributed by atoms with Crippen molar-refractivity contribution in [3.05, 3.63) is 52.9 Å². The number of nitrogens with two attached hydrogens (primary N) is 1. The highest BCUT2D eigenvalue weighted by atomic mass is 16.6. The number of carbonyl (C=O) groups excluding carboxylic acids is 2. The van der Waals surface area contributed by atoms with Gasteiger partial charge in [-0.3, -0.25) is 9.59 Å². The van der Waals surface area contributed by atoms with E-state index in [2.05, 4.69) is 31.3 Å². The van der Waals surface area contributed by atoms with Crippen LogP contribution >= 0.6 is 0 Å². The summed E-state index contributed by atoms with van der Waals surface area (Å²) in [6.45, 7) is 4.39. The number of hydrogen-bond acceptors (Lipinski definition) is 8. The van der Waals surface area contributed by atoms with Crippen LogP contribution in [0.15, 0.2) is 47.6 Å². The molecule has 0 saturated carbocycles. The summed E-state index contributed by atoms with van der Waals surface area (Å²) in [5.74, 6) is -0.102. The number of carbonyl (C=O) groups is 2. The predicted molar refractivity (Wildman–Crippen MR) is 159 cm³/mol. The van der Waals surface area contributed by atoms with Crippen molar-refractivity contribution in [3.8, 4) is 0 Å². The fraction of sp³-hybridized carbons (Fsp3) is 0.483. The second-order valence-electron chi connectivity index (χ2n) is 9.37. The summed E-state index contributed by atoms with van der Waals surface area (Å²) in [5.41, 5.74) is 17.9. The van der Waals surface area contributed by atoms with Crippen molar-refractivity contribution in [2.24, 2.45) is 5.11 Å². The molecule has 1 aromatic heterocycles. The average molecular weight is 583 g/mol. The monoisotopic (exact) mass is 582 g/mol. The van der Waals surface area contributed by atoms with Gasteiger partial charge in [0.15, 0.2) is 0 Å². The Hall–Kier alpha value is -4.00. The molecule has 0 aliphatic heterocycles. The fourth-order valence-corrected chi connectivity index (χ4v) is 4.26. The molecule has 0 radical (unpaired) electrons. The lowest BCUT2D eigenvalue weighted by Crippen LogP contribution is -2.36. The molecule has 226 valence electrons. The van der Waals surface area contributed by atoms with E-state index in [1.807, 2.05) is 30.3 Å². The van der Waals surface area contributed by atoms with Gasteiger partial charge in [0.2, 0.25) is 22.8 Å². The first-order chi connectivity index (χ1) is 20.5. The van der Waals surface area contributed by atoms with Gasteiger partial charge in [-0.2, -0.15) is 4.57 Å². The van der Waals surface area contributed by atoms with E-state index >= 15 is 0 Å². The first-order valence-electron chi connectivity index (χ1n) is 14.0.